The number of fused-ring (bicyclic) bond motifs is 5. The van der Waals surface area contributed by atoms with Crippen LogP contribution in [-0.4, -0.2) is 12.1 Å². The van der Waals surface area contributed by atoms with E-state index in [4.69, 9.17) is 0 Å². The first-order chi connectivity index (χ1) is 11.4. The lowest BCUT2D eigenvalue weighted by Gasteiger charge is -2.58. The number of ketones is 1. The first-order valence-electron chi connectivity index (χ1n) is 9.78. The molecule has 3 fully saturated rings. The number of hydrogen-bond donors (Lipinski definition) is 0. The molecule has 0 radical (unpaired) electrons. The summed E-state index contributed by atoms with van der Waals surface area (Å²) in [5, 5.41) is 0. The van der Waals surface area contributed by atoms with Crippen LogP contribution in [0.15, 0.2) is 10.1 Å². The van der Waals surface area contributed by atoms with Gasteiger partial charge in [0.25, 0.3) is 0 Å². The van der Waals surface area contributed by atoms with Gasteiger partial charge in [0, 0.05) is 12.8 Å². The Morgan fingerprint density at radius 1 is 1.08 bits per heavy atom. The Hall–Kier alpha value is -0.440. The number of aldehydes is 1. The van der Waals surface area contributed by atoms with E-state index in [0.29, 0.717) is 23.5 Å². The summed E-state index contributed by atoms with van der Waals surface area (Å²) in [5.74, 6) is 3.23. The summed E-state index contributed by atoms with van der Waals surface area (Å²) in [6.07, 6.45) is 11.1. The summed E-state index contributed by atoms with van der Waals surface area (Å²) in [6, 6.07) is 0. The normalized spacial score (nSPS) is 47.9. The van der Waals surface area contributed by atoms with Crippen LogP contribution in [0, 0.1) is 34.5 Å². The highest BCUT2D eigenvalue weighted by Gasteiger charge is 2.59. The van der Waals surface area contributed by atoms with Crippen LogP contribution >= 0.6 is 15.9 Å². The minimum atomic E-state index is 0.222. The van der Waals surface area contributed by atoms with Gasteiger partial charge in [0.2, 0.25) is 0 Å². The molecule has 0 unspecified atom stereocenters. The Labute approximate surface area is 154 Å². The van der Waals surface area contributed by atoms with Gasteiger partial charge in [0.15, 0.2) is 5.78 Å². The number of hydrogen-bond acceptors (Lipinski definition) is 2. The second-order valence-electron chi connectivity index (χ2n) is 9.27. The third-order valence-electron chi connectivity index (χ3n) is 8.63. The summed E-state index contributed by atoms with van der Waals surface area (Å²) in [4.78, 5) is 23.3. The molecule has 0 aromatic carbocycles. The Kier molecular flexibility index (Phi) is 4.10. The standard InChI is InChI=1S/C21H29BrO2/c1-20-10-7-16-14(15(20)5-3-13(20)9-12-23)4-6-17-19(22)18(24)8-11-21(16,17)2/h12-16H,3-11H2,1-2H3/t13-,14+,15+,16+,20-,21-/m1/s1. The average Bonchev–Trinajstić information content (AvgIpc) is 2.89. The molecule has 0 aliphatic heterocycles. The first-order valence-corrected chi connectivity index (χ1v) is 10.6. The van der Waals surface area contributed by atoms with E-state index in [9.17, 15) is 9.59 Å². The largest absolute Gasteiger partial charge is 0.303 e. The van der Waals surface area contributed by atoms with Gasteiger partial charge < -0.3 is 4.79 Å². The van der Waals surface area contributed by atoms with Gasteiger partial charge in [-0.2, -0.15) is 0 Å². The number of Topliss-reactive ketones (excluding diaryl/α,β-unsaturated/α-hetero) is 1. The lowest BCUT2D eigenvalue weighted by molar-refractivity contribution is -0.117. The summed E-state index contributed by atoms with van der Waals surface area (Å²) < 4.78 is 0.910. The molecule has 6 atom stereocenters. The van der Waals surface area contributed by atoms with E-state index < -0.39 is 0 Å². The molecule has 4 rings (SSSR count). The summed E-state index contributed by atoms with van der Waals surface area (Å²) in [5.41, 5.74) is 2.02. The molecule has 0 amide bonds. The zero-order chi connectivity index (χ0) is 17.1. The zero-order valence-corrected chi connectivity index (χ0v) is 16.5. The molecule has 4 aliphatic carbocycles. The SMILES string of the molecule is C[C@]12CC[C@H]3[C@@H](CCC4=C(Br)C(=O)CC[C@@]43C)[C@@H]1CC[C@@H]2CC=O. The second-order valence-corrected chi connectivity index (χ2v) is 10.1. The van der Waals surface area contributed by atoms with Crippen molar-refractivity contribution in [1.29, 1.82) is 0 Å². The van der Waals surface area contributed by atoms with Crippen LogP contribution in [0.5, 0.6) is 0 Å². The molecule has 0 saturated heterocycles. The second kappa shape index (κ2) is 5.79. The molecule has 2 nitrogen and oxygen atoms in total. The predicted molar refractivity (Wildman–Crippen MR) is 98.8 cm³/mol. The predicted octanol–water partition coefficient (Wildman–Crippen LogP) is 5.45. The molecule has 3 saturated carbocycles. The molecule has 132 valence electrons. The van der Waals surface area contributed by atoms with Crippen molar-refractivity contribution < 1.29 is 9.59 Å². The highest BCUT2D eigenvalue weighted by molar-refractivity contribution is 9.12. The first kappa shape index (κ1) is 17.0. The Morgan fingerprint density at radius 3 is 2.62 bits per heavy atom. The number of halogens is 1. The molecule has 4 aliphatic rings. The zero-order valence-electron chi connectivity index (χ0n) is 14.9. The lowest BCUT2D eigenvalue weighted by Crippen LogP contribution is -2.50. The van der Waals surface area contributed by atoms with Gasteiger partial charge in [-0.15, -0.1) is 0 Å². The average molecular weight is 393 g/mol. The highest BCUT2D eigenvalue weighted by Crippen LogP contribution is 2.67. The maximum atomic E-state index is 12.2. The Morgan fingerprint density at radius 2 is 1.88 bits per heavy atom. The van der Waals surface area contributed by atoms with Gasteiger partial charge in [-0.25, -0.2) is 0 Å². The number of allylic oxidation sites excluding steroid dienone is 1. The number of carbonyl (C=O) groups excluding carboxylic acids is 2. The van der Waals surface area contributed by atoms with Gasteiger partial charge in [0.1, 0.15) is 6.29 Å². The molecule has 0 bridgehead atoms. The van der Waals surface area contributed by atoms with Crippen molar-refractivity contribution in [3.8, 4) is 0 Å². The van der Waals surface area contributed by atoms with E-state index in [1.807, 2.05) is 0 Å². The van der Waals surface area contributed by atoms with Crippen LogP contribution in [-0.2, 0) is 9.59 Å². The molecule has 0 heterocycles. The molecule has 0 aromatic heterocycles. The fourth-order valence-corrected chi connectivity index (χ4v) is 8.11. The fourth-order valence-electron chi connectivity index (χ4n) is 7.26. The molecular formula is C21H29BrO2. The van der Waals surface area contributed by atoms with Crippen LogP contribution in [0.1, 0.15) is 71.6 Å². The summed E-state index contributed by atoms with van der Waals surface area (Å²) in [6.45, 7) is 4.91. The van der Waals surface area contributed by atoms with Crippen molar-refractivity contribution >= 4 is 28.0 Å². The molecule has 0 spiro atoms. The van der Waals surface area contributed by atoms with Crippen molar-refractivity contribution in [3.05, 3.63) is 10.1 Å². The molecular weight excluding hydrogens is 364 g/mol. The third-order valence-corrected chi connectivity index (χ3v) is 9.55. The minimum Gasteiger partial charge on any atom is -0.303 e. The Balaban J connectivity index is 1.67. The maximum Gasteiger partial charge on any atom is 0.169 e. The number of rotatable bonds is 2. The van der Waals surface area contributed by atoms with Crippen molar-refractivity contribution in [3.63, 3.8) is 0 Å². The van der Waals surface area contributed by atoms with E-state index in [-0.39, 0.29) is 5.41 Å². The van der Waals surface area contributed by atoms with Gasteiger partial charge in [0.05, 0.1) is 4.48 Å². The fraction of sp³-hybridized carbons (Fsp3) is 0.810. The van der Waals surface area contributed by atoms with Crippen molar-refractivity contribution in [2.24, 2.45) is 34.5 Å². The van der Waals surface area contributed by atoms with Crippen LogP contribution in [0.2, 0.25) is 0 Å². The van der Waals surface area contributed by atoms with Gasteiger partial charge >= 0.3 is 0 Å². The van der Waals surface area contributed by atoms with Crippen LogP contribution in [0.25, 0.3) is 0 Å². The highest BCUT2D eigenvalue weighted by atomic mass is 79.9. The van der Waals surface area contributed by atoms with Crippen molar-refractivity contribution in [1.82, 2.24) is 0 Å². The maximum absolute atomic E-state index is 12.2. The smallest absolute Gasteiger partial charge is 0.169 e. The Bertz CT molecular complexity index is 609. The molecule has 24 heavy (non-hydrogen) atoms. The van der Waals surface area contributed by atoms with E-state index in [0.717, 1.165) is 47.8 Å². The molecule has 0 N–H and O–H groups in total. The van der Waals surface area contributed by atoms with E-state index in [2.05, 4.69) is 29.8 Å². The lowest BCUT2D eigenvalue weighted by atomic mass is 9.47. The van der Waals surface area contributed by atoms with Gasteiger partial charge in [-0.1, -0.05) is 13.8 Å². The van der Waals surface area contributed by atoms with Crippen LogP contribution in [0.3, 0.4) is 0 Å². The quantitative estimate of drug-likeness (QED) is 0.585. The van der Waals surface area contributed by atoms with Crippen LogP contribution in [0.4, 0.5) is 0 Å². The summed E-state index contributed by atoms with van der Waals surface area (Å²) >= 11 is 3.64. The van der Waals surface area contributed by atoms with Gasteiger partial charge in [-0.3, -0.25) is 4.79 Å². The van der Waals surface area contributed by atoms with E-state index >= 15 is 0 Å². The van der Waals surface area contributed by atoms with Crippen LogP contribution < -0.4 is 0 Å². The third kappa shape index (κ3) is 2.19. The number of carbonyl (C=O) groups is 2. The summed E-state index contributed by atoms with van der Waals surface area (Å²) in [7, 11) is 0. The molecule has 0 aromatic rings. The van der Waals surface area contributed by atoms with Gasteiger partial charge in [-0.05, 0) is 101 Å². The van der Waals surface area contributed by atoms with Crippen molar-refractivity contribution in [2.45, 2.75) is 71.6 Å². The topological polar surface area (TPSA) is 34.1 Å². The molecule has 3 heteroatoms. The van der Waals surface area contributed by atoms with Crippen molar-refractivity contribution in [2.75, 3.05) is 0 Å². The minimum absolute atomic E-state index is 0.222. The van der Waals surface area contributed by atoms with E-state index in [1.54, 1.807) is 0 Å². The van der Waals surface area contributed by atoms with E-state index in [1.165, 1.54) is 37.7 Å². The monoisotopic (exact) mass is 392 g/mol.